The summed E-state index contributed by atoms with van der Waals surface area (Å²) in [4.78, 5) is 11.5. The molecule has 0 aliphatic carbocycles. The normalized spacial score (nSPS) is 15.2. The molecule has 1 aromatic carbocycles. The highest BCUT2D eigenvalue weighted by molar-refractivity contribution is 8.05. The summed E-state index contributed by atoms with van der Waals surface area (Å²) in [5, 5.41) is 3.26. The minimum absolute atomic E-state index is 0.177. The number of benzene rings is 1. The van der Waals surface area contributed by atoms with Gasteiger partial charge in [0.2, 0.25) is 0 Å². The smallest absolute Gasteiger partial charge is 0.337 e. The lowest BCUT2D eigenvalue weighted by atomic mass is 10.3. The van der Waals surface area contributed by atoms with Crippen LogP contribution in [0.15, 0.2) is 35.9 Å². The third-order valence-electron chi connectivity index (χ3n) is 2.00. The summed E-state index contributed by atoms with van der Waals surface area (Å²) in [6, 6.07) is 7.22. The van der Waals surface area contributed by atoms with Crippen LogP contribution in [0.1, 0.15) is 6.92 Å². The molecule has 0 radical (unpaired) electrons. The summed E-state index contributed by atoms with van der Waals surface area (Å²) in [6.07, 6.45) is 0. The van der Waals surface area contributed by atoms with Crippen molar-refractivity contribution in [3.05, 3.63) is 35.9 Å². The van der Waals surface area contributed by atoms with Crippen LogP contribution in [0.5, 0.6) is 5.75 Å². The van der Waals surface area contributed by atoms with Crippen molar-refractivity contribution in [3.63, 3.8) is 0 Å². The predicted molar refractivity (Wildman–Crippen MR) is 65.4 cm³/mol. The van der Waals surface area contributed by atoms with Gasteiger partial charge in [0.25, 0.3) is 0 Å². The van der Waals surface area contributed by atoms with Crippen LogP contribution in [0.2, 0.25) is 0 Å². The lowest BCUT2D eigenvalue weighted by Crippen LogP contribution is -2.24. The summed E-state index contributed by atoms with van der Waals surface area (Å²) >= 11 is 1.28. The molecule has 2 rings (SSSR count). The van der Waals surface area contributed by atoms with Gasteiger partial charge < -0.3 is 10.1 Å². The molecular formula is C11H12N2O2S. The second-order valence-electron chi connectivity index (χ2n) is 3.17. The Hall–Kier alpha value is -1.62. The van der Waals surface area contributed by atoms with Gasteiger partial charge in [0.05, 0.1) is 17.3 Å². The quantitative estimate of drug-likeness (QED) is 0.820. The van der Waals surface area contributed by atoms with Crippen LogP contribution in [-0.2, 0) is 0 Å². The molecule has 84 valence electrons. The Balaban J connectivity index is 2.23. The number of carbonyl (C=O) groups is 1. The Morgan fingerprint density at radius 3 is 3.00 bits per heavy atom. The van der Waals surface area contributed by atoms with E-state index in [-0.39, 0.29) is 6.03 Å². The summed E-state index contributed by atoms with van der Waals surface area (Å²) in [6.45, 7) is 6.23. The first-order valence-corrected chi connectivity index (χ1v) is 5.69. The van der Waals surface area contributed by atoms with Gasteiger partial charge >= 0.3 is 6.03 Å². The first-order valence-electron chi connectivity index (χ1n) is 4.91. The van der Waals surface area contributed by atoms with Crippen LogP contribution in [0, 0.1) is 0 Å². The molecule has 0 atom stereocenters. The Kier molecular flexibility index (Phi) is 3.05. The zero-order valence-corrected chi connectivity index (χ0v) is 9.71. The second kappa shape index (κ2) is 4.49. The molecular weight excluding hydrogens is 224 g/mol. The summed E-state index contributed by atoms with van der Waals surface area (Å²) in [7, 11) is 0. The second-order valence-corrected chi connectivity index (χ2v) is 4.21. The van der Waals surface area contributed by atoms with Crippen molar-refractivity contribution in [2.24, 2.45) is 0 Å². The third-order valence-corrected chi connectivity index (χ3v) is 2.88. The van der Waals surface area contributed by atoms with Crippen molar-refractivity contribution in [1.29, 1.82) is 0 Å². The highest BCUT2D eigenvalue weighted by Gasteiger charge is 2.25. The van der Waals surface area contributed by atoms with E-state index in [1.165, 1.54) is 11.9 Å². The van der Waals surface area contributed by atoms with Crippen molar-refractivity contribution in [1.82, 2.24) is 5.32 Å². The molecule has 0 spiro atoms. The lowest BCUT2D eigenvalue weighted by molar-refractivity contribution is 0.253. The average molecular weight is 236 g/mol. The predicted octanol–water partition coefficient (Wildman–Crippen LogP) is 2.73. The Morgan fingerprint density at radius 1 is 1.56 bits per heavy atom. The standard InChI is InChI=1S/C11H12N2O2S/c1-3-15-10-6-4-5-9(7-10)13-11(14)12-8(2)16-13/h4-7H,2-3H2,1H3,(H,12,14). The van der Waals surface area contributed by atoms with E-state index in [4.69, 9.17) is 4.74 Å². The number of amides is 2. The van der Waals surface area contributed by atoms with E-state index >= 15 is 0 Å². The molecule has 4 nitrogen and oxygen atoms in total. The van der Waals surface area contributed by atoms with Gasteiger partial charge in [-0.2, -0.15) is 0 Å². The molecule has 16 heavy (non-hydrogen) atoms. The number of ether oxygens (including phenoxy) is 1. The van der Waals surface area contributed by atoms with Gasteiger partial charge in [-0.15, -0.1) is 0 Å². The lowest BCUT2D eigenvalue weighted by Gasteiger charge is -2.13. The Bertz CT molecular complexity index is 434. The molecule has 0 saturated carbocycles. The molecule has 1 aromatic rings. The topological polar surface area (TPSA) is 41.6 Å². The third kappa shape index (κ3) is 2.14. The van der Waals surface area contributed by atoms with E-state index < -0.39 is 0 Å². The Morgan fingerprint density at radius 2 is 2.38 bits per heavy atom. The first kappa shape index (κ1) is 10.9. The highest BCUT2D eigenvalue weighted by Crippen LogP contribution is 2.32. The zero-order chi connectivity index (χ0) is 11.5. The molecule has 1 saturated heterocycles. The SMILES string of the molecule is C=C1NC(=O)N(c2cccc(OCC)c2)S1. The maximum atomic E-state index is 11.5. The first-order chi connectivity index (χ1) is 7.70. The van der Waals surface area contributed by atoms with Crippen molar-refractivity contribution in [2.75, 3.05) is 10.9 Å². The van der Waals surface area contributed by atoms with E-state index in [0.29, 0.717) is 11.6 Å². The fourth-order valence-electron chi connectivity index (χ4n) is 1.38. The van der Waals surface area contributed by atoms with Crippen molar-refractivity contribution >= 4 is 23.7 Å². The molecule has 1 aliphatic rings. The van der Waals surface area contributed by atoms with E-state index in [1.54, 1.807) is 4.31 Å². The zero-order valence-electron chi connectivity index (χ0n) is 8.90. The van der Waals surface area contributed by atoms with E-state index in [0.717, 1.165) is 11.4 Å². The van der Waals surface area contributed by atoms with Gasteiger partial charge in [-0.25, -0.2) is 9.10 Å². The molecule has 1 heterocycles. The van der Waals surface area contributed by atoms with Crippen LogP contribution in [0.4, 0.5) is 10.5 Å². The number of hydrogen-bond donors (Lipinski definition) is 1. The largest absolute Gasteiger partial charge is 0.494 e. The van der Waals surface area contributed by atoms with Gasteiger partial charge in [-0.3, -0.25) is 0 Å². The monoisotopic (exact) mass is 236 g/mol. The van der Waals surface area contributed by atoms with Gasteiger partial charge in [0.1, 0.15) is 5.75 Å². The number of rotatable bonds is 3. The van der Waals surface area contributed by atoms with Crippen LogP contribution >= 0.6 is 11.9 Å². The maximum Gasteiger partial charge on any atom is 0.337 e. The van der Waals surface area contributed by atoms with Crippen molar-refractivity contribution in [3.8, 4) is 5.75 Å². The summed E-state index contributed by atoms with van der Waals surface area (Å²) in [5.41, 5.74) is 0.784. The fourth-order valence-corrected chi connectivity index (χ4v) is 2.08. The number of nitrogens with one attached hydrogen (secondary N) is 1. The van der Waals surface area contributed by atoms with Gasteiger partial charge in [0.15, 0.2) is 0 Å². The molecule has 0 unspecified atom stereocenters. The number of nitrogens with zero attached hydrogens (tertiary/aromatic N) is 1. The van der Waals surface area contributed by atoms with Crippen LogP contribution in [0.3, 0.4) is 0 Å². The van der Waals surface area contributed by atoms with Gasteiger partial charge in [-0.1, -0.05) is 12.6 Å². The van der Waals surface area contributed by atoms with Crippen molar-refractivity contribution < 1.29 is 9.53 Å². The number of hydrogen-bond acceptors (Lipinski definition) is 3. The Labute approximate surface area is 98.4 Å². The molecule has 0 aromatic heterocycles. The average Bonchev–Trinajstić information content (AvgIpc) is 2.59. The van der Waals surface area contributed by atoms with Gasteiger partial charge in [0, 0.05) is 18.0 Å². The minimum atomic E-state index is -0.177. The molecule has 1 N–H and O–H groups in total. The number of carbonyl (C=O) groups excluding carboxylic acids is 1. The molecule has 1 fully saturated rings. The van der Waals surface area contributed by atoms with Crippen LogP contribution < -0.4 is 14.4 Å². The van der Waals surface area contributed by atoms with Crippen LogP contribution in [-0.4, -0.2) is 12.6 Å². The molecule has 2 amide bonds. The molecule has 0 bridgehead atoms. The van der Waals surface area contributed by atoms with Gasteiger partial charge in [-0.05, 0) is 19.1 Å². The highest BCUT2D eigenvalue weighted by atomic mass is 32.2. The van der Waals surface area contributed by atoms with Crippen LogP contribution in [0.25, 0.3) is 0 Å². The molecule has 5 heteroatoms. The number of urea groups is 1. The van der Waals surface area contributed by atoms with E-state index in [2.05, 4.69) is 11.9 Å². The maximum absolute atomic E-state index is 11.5. The fraction of sp³-hybridized carbons (Fsp3) is 0.182. The summed E-state index contributed by atoms with van der Waals surface area (Å²) < 4.78 is 6.92. The van der Waals surface area contributed by atoms with E-state index in [9.17, 15) is 4.79 Å². The summed E-state index contributed by atoms with van der Waals surface area (Å²) in [5.74, 6) is 0.755. The van der Waals surface area contributed by atoms with Crippen molar-refractivity contribution in [2.45, 2.75) is 6.92 Å². The van der Waals surface area contributed by atoms with E-state index in [1.807, 2.05) is 31.2 Å². The minimum Gasteiger partial charge on any atom is -0.494 e. The molecule has 1 aliphatic heterocycles. The number of anilines is 1.